The summed E-state index contributed by atoms with van der Waals surface area (Å²) in [5.74, 6) is 1.63. The molecule has 0 radical (unpaired) electrons. The summed E-state index contributed by atoms with van der Waals surface area (Å²) in [7, 11) is 0. The van der Waals surface area contributed by atoms with Crippen molar-refractivity contribution in [1.29, 1.82) is 0 Å². The Morgan fingerprint density at radius 3 is 2.68 bits per heavy atom. The monoisotopic (exact) mass is 355 g/mol. The third-order valence-electron chi connectivity index (χ3n) is 5.07. The molecule has 0 saturated carbocycles. The Labute approximate surface area is 158 Å². The van der Waals surface area contributed by atoms with Crippen LogP contribution in [0, 0.1) is 5.92 Å². The van der Waals surface area contributed by atoms with Gasteiger partial charge < -0.3 is 5.32 Å². The lowest BCUT2D eigenvalue weighted by atomic mass is 9.91. The van der Waals surface area contributed by atoms with E-state index in [2.05, 4.69) is 64.0 Å². The smallest absolute Gasteiger partial charge is 0.0763 e. The first-order valence-corrected chi connectivity index (χ1v) is 10.5. The van der Waals surface area contributed by atoms with Gasteiger partial charge in [-0.2, -0.15) is 0 Å². The van der Waals surface area contributed by atoms with Gasteiger partial charge in [0.25, 0.3) is 0 Å². The van der Waals surface area contributed by atoms with Crippen LogP contribution >= 0.6 is 11.8 Å². The normalized spacial score (nSPS) is 16.4. The van der Waals surface area contributed by atoms with Crippen molar-refractivity contribution in [2.24, 2.45) is 5.92 Å². The topological polar surface area (TPSA) is 12.0 Å². The number of thioether (sulfide) groups is 1. The maximum atomic E-state index is 4.39. The number of hydrogen-bond donors (Lipinski definition) is 1. The molecule has 2 heteroatoms. The summed E-state index contributed by atoms with van der Waals surface area (Å²) in [6.07, 6.45) is 5.35. The third kappa shape index (κ3) is 5.54. The number of hydrogen-bond acceptors (Lipinski definition) is 2. The molecule has 0 saturated heterocycles. The molecule has 1 N–H and O–H groups in total. The summed E-state index contributed by atoms with van der Waals surface area (Å²) in [5, 5.41) is 3.99. The van der Waals surface area contributed by atoms with Crippen molar-refractivity contribution >= 4 is 17.3 Å². The first-order valence-electron chi connectivity index (χ1n) is 9.44. The minimum Gasteiger partial charge on any atom is -0.377 e. The highest BCUT2D eigenvalue weighted by molar-refractivity contribution is 7.99. The Hall–Kier alpha value is -1.41. The summed E-state index contributed by atoms with van der Waals surface area (Å²) in [6, 6.07) is 6.71. The van der Waals surface area contributed by atoms with Crippen molar-refractivity contribution in [3.8, 4) is 0 Å². The van der Waals surface area contributed by atoms with Crippen molar-refractivity contribution in [3.63, 3.8) is 0 Å². The predicted molar refractivity (Wildman–Crippen MR) is 115 cm³/mol. The SMILES string of the molecule is C=C(CC)NC1Cc2cccc(C(=C)CCCC(=C)C(C)C)c2CS1. The molecule has 2 rings (SSSR count). The average molecular weight is 356 g/mol. The molecular weight excluding hydrogens is 322 g/mol. The van der Waals surface area contributed by atoms with Crippen molar-refractivity contribution in [2.75, 3.05) is 0 Å². The number of allylic oxidation sites excluding steroid dienone is 3. The Kier molecular flexibility index (Phi) is 7.43. The van der Waals surface area contributed by atoms with E-state index >= 15 is 0 Å². The van der Waals surface area contributed by atoms with Crippen LogP contribution in [0.2, 0.25) is 0 Å². The summed E-state index contributed by atoms with van der Waals surface area (Å²) in [5.41, 5.74) is 8.08. The quantitative estimate of drug-likeness (QED) is 0.494. The fourth-order valence-electron chi connectivity index (χ4n) is 3.14. The lowest BCUT2D eigenvalue weighted by Gasteiger charge is -2.28. The molecule has 1 aromatic carbocycles. The van der Waals surface area contributed by atoms with Crippen LogP contribution in [0.5, 0.6) is 0 Å². The highest BCUT2D eigenvalue weighted by Gasteiger charge is 2.21. The van der Waals surface area contributed by atoms with E-state index in [4.69, 9.17) is 0 Å². The molecule has 0 aromatic heterocycles. The van der Waals surface area contributed by atoms with E-state index in [1.165, 1.54) is 27.8 Å². The van der Waals surface area contributed by atoms with Gasteiger partial charge in [0.2, 0.25) is 0 Å². The molecule has 1 atom stereocenters. The van der Waals surface area contributed by atoms with Crippen molar-refractivity contribution in [3.05, 3.63) is 65.9 Å². The molecule has 1 aromatic rings. The minimum absolute atomic E-state index is 0.442. The highest BCUT2D eigenvalue weighted by atomic mass is 32.2. The van der Waals surface area contributed by atoms with E-state index in [0.29, 0.717) is 11.3 Å². The molecule has 0 fully saturated rings. The van der Waals surface area contributed by atoms with Crippen LogP contribution in [0.1, 0.15) is 63.1 Å². The van der Waals surface area contributed by atoms with E-state index in [1.54, 1.807) is 0 Å². The Morgan fingerprint density at radius 2 is 2.00 bits per heavy atom. The first-order chi connectivity index (χ1) is 11.9. The Morgan fingerprint density at radius 1 is 1.24 bits per heavy atom. The van der Waals surface area contributed by atoms with Gasteiger partial charge in [-0.25, -0.2) is 0 Å². The van der Waals surface area contributed by atoms with Gasteiger partial charge in [0.1, 0.15) is 0 Å². The molecule has 1 aliphatic heterocycles. The standard InChI is InChI=1S/C23H33NS/c1-7-19(6)24-23-14-20-12-9-13-21(22(20)15-25-23)18(5)11-8-10-17(4)16(2)3/h9,12-13,16,23-24H,4-8,10-11,14-15H2,1-3H3. The number of rotatable bonds is 9. The predicted octanol–water partition coefficient (Wildman–Crippen LogP) is 6.71. The zero-order chi connectivity index (χ0) is 18.4. The zero-order valence-electron chi connectivity index (χ0n) is 16.2. The lowest BCUT2D eigenvalue weighted by Crippen LogP contribution is -2.30. The molecule has 1 heterocycles. The van der Waals surface area contributed by atoms with E-state index in [0.717, 1.165) is 43.6 Å². The highest BCUT2D eigenvalue weighted by Crippen LogP contribution is 2.35. The van der Waals surface area contributed by atoms with Crippen LogP contribution in [-0.4, -0.2) is 5.37 Å². The van der Waals surface area contributed by atoms with Crippen LogP contribution in [0.25, 0.3) is 5.57 Å². The molecule has 0 amide bonds. The summed E-state index contributed by atoms with van der Waals surface area (Å²) in [4.78, 5) is 0. The molecule has 0 bridgehead atoms. The second-order valence-corrected chi connectivity index (χ2v) is 8.51. The van der Waals surface area contributed by atoms with Gasteiger partial charge >= 0.3 is 0 Å². The maximum absolute atomic E-state index is 4.39. The largest absolute Gasteiger partial charge is 0.377 e. The fourth-order valence-corrected chi connectivity index (χ4v) is 4.40. The zero-order valence-corrected chi connectivity index (χ0v) is 17.0. The number of fused-ring (bicyclic) bond motifs is 1. The Balaban J connectivity index is 2.00. The minimum atomic E-state index is 0.442. The summed E-state index contributed by atoms with van der Waals surface area (Å²) in [6.45, 7) is 19.2. The molecule has 1 unspecified atom stereocenters. The number of benzene rings is 1. The van der Waals surface area contributed by atoms with Gasteiger partial charge in [0, 0.05) is 17.9 Å². The van der Waals surface area contributed by atoms with E-state index in [-0.39, 0.29) is 0 Å². The lowest BCUT2D eigenvalue weighted by molar-refractivity contribution is 0.692. The van der Waals surface area contributed by atoms with Gasteiger partial charge in [0.15, 0.2) is 0 Å². The van der Waals surface area contributed by atoms with Gasteiger partial charge in [0.05, 0.1) is 5.37 Å². The molecule has 136 valence electrons. The molecule has 0 aliphatic carbocycles. The van der Waals surface area contributed by atoms with Crippen LogP contribution < -0.4 is 5.32 Å². The third-order valence-corrected chi connectivity index (χ3v) is 6.22. The van der Waals surface area contributed by atoms with Gasteiger partial charge in [-0.05, 0) is 53.9 Å². The molecular formula is C23H33NS. The molecule has 25 heavy (non-hydrogen) atoms. The molecule has 1 nitrogen and oxygen atoms in total. The molecule has 0 spiro atoms. The molecule has 1 aliphatic rings. The fraction of sp³-hybridized carbons (Fsp3) is 0.478. The van der Waals surface area contributed by atoms with Crippen LogP contribution in [0.3, 0.4) is 0 Å². The van der Waals surface area contributed by atoms with Crippen molar-refractivity contribution in [1.82, 2.24) is 5.32 Å². The second kappa shape index (κ2) is 9.33. The number of nitrogens with one attached hydrogen (secondary N) is 1. The van der Waals surface area contributed by atoms with Gasteiger partial charge in [-0.3, -0.25) is 0 Å². The second-order valence-electron chi connectivity index (χ2n) is 7.32. The van der Waals surface area contributed by atoms with E-state index in [9.17, 15) is 0 Å². The van der Waals surface area contributed by atoms with Crippen molar-refractivity contribution in [2.45, 2.75) is 64.0 Å². The van der Waals surface area contributed by atoms with Crippen LogP contribution in [-0.2, 0) is 12.2 Å². The van der Waals surface area contributed by atoms with E-state index < -0.39 is 0 Å². The van der Waals surface area contributed by atoms with Gasteiger partial charge in [-0.1, -0.05) is 64.3 Å². The van der Waals surface area contributed by atoms with Crippen LogP contribution in [0.4, 0.5) is 0 Å². The van der Waals surface area contributed by atoms with E-state index in [1.807, 2.05) is 11.8 Å². The average Bonchev–Trinajstić information content (AvgIpc) is 2.60. The maximum Gasteiger partial charge on any atom is 0.0763 e. The summed E-state index contributed by atoms with van der Waals surface area (Å²) >= 11 is 1.99. The Bertz CT molecular complexity index is 641. The van der Waals surface area contributed by atoms with Crippen LogP contribution in [0.15, 0.2) is 49.2 Å². The van der Waals surface area contributed by atoms with Crippen molar-refractivity contribution < 1.29 is 0 Å². The summed E-state index contributed by atoms with van der Waals surface area (Å²) < 4.78 is 0. The first kappa shape index (κ1) is 19.9. The van der Waals surface area contributed by atoms with Gasteiger partial charge in [-0.15, -0.1) is 11.8 Å².